The summed E-state index contributed by atoms with van der Waals surface area (Å²) in [6.07, 6.45) is -0.291. The maximum atomic E-state index is 5.35. The highest BCUT2D eigenvalue weighted by Crippen LogP contribution is 2.52. The summed E-state index contributed by atoms with van der Waals surface area (Å²) < 4.78 is 2.51. The second-order valence-electron chi connectivity index (χ2n) is 13.0. The van der Waals surface area contributed by atoms with Crippen molar-refractivity contribution in [3.8, 4) is 22.3 Å². The van der Waals surface area contributed by atoms with Gasteiger partial charge in [0.05, 0.1) is 0 Å². The fraction of sp³-hybridized carbons (Fsp3) is 0.0222. The predicted octanol–water partition coefficient (Wildman–Crippen LogP) is 11.7. The SMILES string of the molecule is c1ccc2c(c1)-c1cccc3c1c-2cc1sc2c(C4=NC(c5ccc6ccccc6c5)NC(c5ccc6ccccc6c5)=N4)cccc2c13. The lowest BCUT2D eigenvalue weighted by Crippen LogP contribution is -2.33. The molecule has 4 heteroatoms. The summed E-state index contributed by atoms with van der Waals surface area (Å²) >= 11 is 1.85. The van der Waals surface area contributed by atoms with Gasteiger partial charge in [-0.15, -0.1) is 11.3 Å². The molecule has 0 saturated carbocycles. The van der Waals surface area contributed by atoms with Gasteiger partial charge in [-0.1, -0.05) is 127 Å². The topological polar surface area (TPSA) is 36.8 Å². The zero-order chi connectivity index (χ0) is 32.1. The molecule has 9 aromatic rings. The first-order valence-corrected chi connectivity index (χ1v) is 17.5. The summed E-state index contributed by atoms with van der Waals surface area (Å²) in [5, 5.41) is 13.8. The number of hydrogen-bond acceptors (Lipinski definition) is 4. The third-order valence-corrected chi connectivity index (χ3v) is 11.4. The molecule has 1 aliphatic carbocycles. The Morgan fingerprint density at radius 1 is 0.490 bits per heavy atom. The quantitative estimate of drug-likeness (QED) is 0.205. The van der Waals surface area contributed by atoms with Gasteiger partial charge in [-0.25, -0.2) is 9.98 Å². The molecule has 228 valence electrons. The average Bonchev–Trinajstić information content (AvgIpc) is 3.71. The average molecular weight is 642 g/mol. The third kappa shape index (κ3) is 4.01. The second kappa shape index (κ2) is 10.2. The Morgan fingerprint density at radius 2 is 1.14 bits per heavy atom. The largest absolute Gasteiger partial charge is 0.344 e. The van der Waals surface area contributed by atoms with E-state index >= 15 is 0 Å². The minimum atomic E-state index is -0.291. The minimum Gasteiger partial charge on any atom is -0.344 e. The summed E-state index contributed by atoms with van der Waals surface area (Å²) in [7, 11) is 0. The molecule has 0 amide bonds. The van der Waals surface area contributed by atoms with Gasteiger partial charge in [0.25, 0.3) is 0 Å². The molecule has 2 heterocycles. The molecular weight excluding hydrogens is 615 g/mol. The van der Waals surface area contributed by atoms with E-state index in [1.807, 2.05) is 11.3 Å². The van der Waals surface area contributed by atoms with Crippen LogP contribution in [0.2, 0.25) is 0 Å². The summed E-state index contributed by atoms with van der Waals surface area (Å²) in [4.78, 5) is 10.6. The van der Waals surface area contributed by atoms with Crippen molar-refractivity contribution in [1.29, 1.82) is 0 Å². The molecule has 49 heavy (non-hydrogen) atoms. The van der Waals surface area contributed by atoms with E-state index < -0.39 is 0 Å². The van der Waals surface area contributed by atoms with Crippen LogP contribution in [0.1, 0.15) is 22.9 Å². The molecule has 1 atom stereocenters. The number of benzene rings is 8. The number of rotatable bonds is 3. The molecule has 0 spiro atoms. The van der Waals surface area contributed by atoms with Crippen LogP contribution in [0.3, 0.4) is 0 Å². The molecule has 3 nitrogen and oxygen atoms in total. The van der Waals surface area contributed by atoms with Crippen molar-refractivity contribution in [3.63, 3.8) is 0 Å². The van der Waals surface area contributed by atoms with Crippen LogP contribution < -0.4 is 5.32 Å². The maximum Gasteiger partial charge on any atom is 0.160 e. The molecule has 0 saturated heterocycles. The Labute approximate surface area is 286 Å². The van der Waals surface area contributed by atoms with E-state index in [9.17, 15) is 0 Å². The highest BCUT2D eigenvalue weighted by atomic mass is 32.1. The van der Waals surface area contributed by atoms with Crippen molar-refractivity contribution < 1.29 is 0 Å². The van der Waals surface area contributed by atoms with Gasteiger partial charge in [0.1, 0.15) is 12.0 Å². The van der Waals surface area contributed by atoms with Crippen molar-refractivity contribution in [3.05, 3.63) is 168 Å². The fourth-order valence-electron chi connectivity index (χ4n) is 7.94. The summed E-state index contributed by atoms with van der Waals surface area (Å²) in [6.45, 7) is 0. The van der Waals surface area contributed by atoms with Crippen LogP contribution in [0.25, 0.3) is 74.7 Å². The van der Waals surface area contributed by atoms with E-state index in [1.165, 1.54) is 74.7 Å². The molecule has 1 aliphatic heterocycles. The van der Waals surface area contributed by atoms with Gasteiger partial charge in [0.15, 0.2) is 5.84 Å². The minimum absolute atomic E-state index is 0.291. The number of amidine groups is 2. The maximum absolute atomic E-state index is 5.35. The van der Waals surface area contributed by atoms with Gasteiger partial charge < -0.3 is 5.32 Å². The zero-order valence-corrected chi connectivity index (χ0v) is 27.1. The highest BCUT2D eigenvalue weighted by molar-refractivity contribution is 7.26. The van der Waals surface area contributed by atoms with Gasteiger partial charge in [-0.2, -0.15) is 0 Å². The van der Waals surface area contributed by atoms with Gasteiger partial charge in [-0.05, 0) is 84.4 Å². The number of nitrogens with one attached hydrogen (secondary N) is 1. The predicted molar refractivity (Wildman–Crippen MR) is 208 cm³/mol. The molecule has 2 aliphatic rings. The van der Waals surface area contributed by atoms with Crippen LogP contribution >= 0.6 is 11.3 Å². The van der Waals surface area contributed by atoms with Gasteiger partial charge in [0, 0.05) is 31.3 Å². The van der Waals surface area contributed by atoms with Crippen LogP contribution in [-0.4, -0.2) is 11.7 Å². The number of hydrogen-bond donors (Lipinski definition) is 1. The Bertz CT molecular complexity index is 2930. The zero-order valence-electron chi connectivity index (χ0n) is 26.3. The molecule has 1 unspecified atom stereocenters. The van der Waals surface area contributed by atoms with E-state index in [0.29, 0.717) is 0 Å². The molecule has 1 aromatic heterocycles. The van der Waals surface area contributed by atoms with Crippen LogP contribution in [0.4, 0.5) is 0 Å². The first kappa shape index (κ1) is 26.9. The van der Waals surface area contributed by atoms with Crippen molar-refractivity contribution in [2.24, 2.45) is 9.98 Å². The van der Waals surface area contributed by atoms with Crippen molar-refractivity contribution in [1.82, 2.24) is 5.32 Å². The Kier molecular flexibility index (Phi) is 5.60. The van der Waals surface area contributed by atoms with Crippen molar-refractivity contribution in [2.75, 3.05) is 0 Å². The summed E-state index contributed by atoms with van der Waals surface area (Å²) in [5.41, 5.74) is 8.51. The fourth-order valence-corrected chi connectivity index (χ4v) is 9.21. The first-order valence-electron chi connectivity index (χ1n) is 16.7. The van der Waals surface area contributed by atoms with Gasteiger partial charge >= 0.3 is 0 Å². The summed E-state index contributed by atoms with van der Waals surface area (Å²) in [5.74, 6) is 1.58. The lowest BCUT2D eigenvalue weighted by Gasteiger charge is -2.24. The molecule has 8 aromatic carbocycles. The number of fused-ring (bicyclic) bond motifs is 9. The molecule has 1 N–H and O–H groups in total. The smallest absolute Gasteiger partial charge is 0.160 e. The number of nitrogens with zero attached hydrogens (tertiary/aromatic N) is 2. The van der Waals surface area contributed by atoms with E-state index in [2.05, 4.69) is 157 Å². The van der Waals surface area contributed by atoms with Gasteiger partial charge in [0.2, 0.25) is 0 Å². The second-order valence-corrected chi connectivity index (χ2v) is 14.0. The lowest BCUT2D eigenvalue weighted by molar-refractivity contribution is 0.675. The van der Waals surface area contributed by atoms with Crippen LogP contribution in [0.5, 0.6) is 0 Å². The van der Waals surface area contributed by atoms with Gasteiger partial charge in [-0.3, -0.25) is 0 Å². The Hall–Kier alpha value is -6.10. The van der Waals surface area contributed by atoms with Crippen LogP contribution in [0.15, 0.2) is 162 Å². The molecule has 0 bridgehead atoms. The molecule has 0 fully saturated rings. The number of aliphatic imine (C=N–C) groups is 2. The van der Waals surface area contributed by atoms with E-state index in [1.54, 1.807) is 0 Å². The van der Waals surface area contributed by atoms with Crippen LogP contribution in [-0.2, 0) is 0 Å². The van der Waals surface area contributed by atoms with E-state index in [0.717, 1.165) is 28.4 Å². The normalized spacial score (nSPS) is 15.1. The first-order chi connectivity index (χ1) is 24.3. The van der Waals surface area contributed by atoms with Crippen LogP contribution in [0, 0.1) is 0 Å². The summed E-state index contributed by atoms with van der Waals surface area (Å²) in [6, 6.07) is 54.8. The Morgan fingerprint density at radius 3 is 1.96 bits per heavy atom. The number of thiophene rings is 1. The van der Waals surface area contributed by atoms with E-state index in [-0.39, 0.29) is 6.17 Å². The van der Waals surface area contributed by atoms with Crippen molar-refractivity contribution in [2.45, 2.75) is 6.17 Å². The Balaban J connectivity index is 1.13. The molecular formula is C45H27N3S. The monoisotopic (exact) mass is 641 g/mol. The third-order valence-electron chi connectivity index (χ3n) is 10.2. The molecule has 0 radical (unpaired) electrons. The standard InChI is InChI=1S/C45H27N3S/c1-3-11-28-23-30(21-19-26(28)9-1)43-46-44(31-22-20-27-10-2-4-12-29(27)24-31)48-45(47-43)37-18-8-17-36-41-35-16-7-15-34-32-13-5-6-14-33(32)38(40(34)35)25-39(41)49-42(36)37/h1-25,43H,(H,46,47,48). The molecule has 11 rings (SSSR count). The van der Waals surface area contributed by atoms with E-state index in [4.69, 9.17) is 9.98 Å². The van der Waals surface area contributed by atoms with Crippen molar-refractivity contribution >= 4 is 75.5 Å². The highest BCUT2D eigenvalue weighted by Gasteiger charge is 2.26. The lowest BCUT2D eigenvalue weighted by atomic mass is 9.97.